The number of halogens is 2. The van der Waals surface area contributed by atoms with E-state index < -0.39 is 0 Å². The Hall–Kier alpha value is 0.163. The molecule has 1 aliphatic carbocycles. The SMILES string of the molecule is C[C](=[Zr])C(Cl)Cl.C[c-]1cccc1C1C=CC=C1. The first-order chi connectivity index (χ1) is 8.02. The molecule has 0 fully saturated rings. The normalized spacial score (nSPS) is 13.9. The van der Waals surface area contributed by atoms with Crippen LogP contribution < -0.4 is 0 Å². The van der Waals surface area contributed by atoms with E-state index >= 15 is 0 Å². The Morgan fingerprint density at radius 2 is 1.88 bits per heavy atom. The molecule has 0 saturated heterocycles. The number of alkyl halides is 2. The molecule has 1 aliphatic rings. The Bertz CT molecular complexity index is 415. The van der Waals surface area contributed by atoms with Gasteiger partial charge >= 0.3 is 62.4 Å². The fourth-order valence-electron chi connectivity index (χ4n) is 1.54. The number of rotatable bonds is 2. The molecule has 0 aromatic heterocycles. The van der Waals surface area contributed by atoms with Crippen molar-refractivity contribution in [1.29, 1.82) is 0 Å². The second-order valence-electron chi connectivity index (χ2n) is 3.94. The van der Waals surface area contributed by atoms with Crippen molar-refractivity contribution in [3.63, 3.8) is 0 Å². The molecule has 0 amide bonds. The van der Waals surface area contributed by atoms with Crippen molar-refractivity contribution in [2.45, 2.75) is 24.6 Å². The molecule has 0 heterocycles. The van der Waals surface area contributed by atoms with Gasteiger partial charge in [-0.25, -0.2) is 12.1 Å². The Morgan fingerprint density at radius 1 is 1.35 bits per heavy atom. The monoisotopic (exact) mass is 343 g/mol. The predicted molar refractivity (Wildman–Crippen MR) is 74.0 cm³/mol. The van der Waals surface area contributed by atoms with Crippen molar-refractivity contribution in [1.82, 2.24) is 0 Å². The molecule has 1 aromatic rings. The minimum absolute atomic E-state index is 0.247. The third kappa shape index (κ3) is 5.12. The van der Waals surface area contributed by atoms with Gasteiger partial charge in [0.15, 0.2) is 0 Å². The summed E-state index contributed by atoms with van der Waals surface area (Å²) in [4.78, 5) is -0.247. The van der Waals surface area contributed by atoms with Crippen LogP contribution in [0.25, 0.3) is 0 Å². The summed E-state index contributed by atoms with van der Waals surface area (Å²) in [6, 6.07) is 6.47. The molecular weight excluding hydrogens is 330 g/mol. The van der Waals surface area contributed by atoms with Gasteiger partial charge in [0.25, 0.3) is 0 Å². The Morgan fingerprint density at radius 3 is 2.24 bits per heavy atom. The maximum atomic E-state index is 5.36. The summed E-state index contributed by atoms with van der Waals surface area (Å²) in [5, 5.41) is 0. The third-order valence-corrected chi connectivity index (χ3v) is 4.78. The Balaban J connectivity index is 0.000000209. The minimum atomic E-state index is -0.247. The molecule has 0 radical (unpaired) electrons. The van der Waals surface area contributed by atoms with Crippen LogP contribution in [0, 0.1) is 6.92 Å². The van der Waals surface area contributed by atoms with E-state index in [4.69, 9.17) is 23.2 Å². The zero-order chi connectivity index (χ0) is 12.8. The standard InChI is InChI=1S/C11H11.C3H4Cl2.Zr/c1-9-5-4-8-11(9)10-6-2-3-7-10;1-2-3(4)5;/h2-8,10H,1H3;3H,1H3;/q-1;;. The van der Waals surface area contributed by atoms with Gasteiger partial charge < -0.3 is 0 Å². The summed E-state index contributed by atoms with van der Waals surface area (Å²) in [6.45, 7) is 4.10. The van der Waals surface area contributed by atoms with Crippen LogP contribution in [0.4, 0.5) is 0 Å². The van der Waals surface area contributed by atoms with Gasteiger partial charge in [-0.3, -0.25) is 0 Å². The van der Waals surface area contributed by atoms with E-state index in [1.807, 2.05) is 6.92 Å². The van der Waals surface area contributed by atoms with Crippen LogP contribution in [-0.4, -0.2) is 8.04 Å². The molecule has 1 aromatic carbocycles. The summed E-state index contributed by atoms with van der Waals surface area (Å²) in [5.74, 6) is 0.532. The number of aryl methyl sites for hydroxylation is 1. The second kappa shape index (κ2) is 7.57. The van der Waals surface area contributed by atoms with E-state index in [0.29, 0.717) is 5.92 Å². The van der Waals surface area contributed by atoms with Crippen molar-refractivity contribution in [3.05, 3.63) is 53.6 Å². The third-order valence-electron chi connectivity index (χ3n) is 2.51. The summed E-state index contributed by atoms with van der Waals surface area (Å²) in [6.07, 6.45) is 8.67. The molecule has 2 rings (SSSR count). The molecule has 0 unspecified atom stereocenters. The van der Waals surface area contributed by atoms with Crippen molar-refractivity contribution in [2.24, 2.45) is 0 Å². The maximum Gasteiger partial charge on any atom is -0.00245 e. The van der Waals surface area contributed by atoms with Crippen LogP contribution in [0.3, 0.4) is 0 Å². The smallest absolute Gasteiger partial charge is 0.00245 e. The fraction of sp³-hybridized carbons (Fsp3) is 0.286. The fourth-order valence-corrected chi connectivity index (χ4v) is 1.54. The van der Waals surface area contributed by atoms with Gasteiger partial charge in [-0.05, 0) is 5.92 Å². The van der Waals surface area contributed by atoms with Crippen LogP contribution in [0.5, 0.6) is 0 Å². The molecule has 0 aliphatic heterocycles. The average molecular weight is 345 g/mol. The van der Waals surface area contributed by atoms with Gasteiger partial charge in [0, 0.05) is 0 Å². The first kappa shape index (κ1) is 15.2. The van der Waals surface area contributed by atoms with Gasteiger partial charge in [-0.15, -0.1) is 0 Å². The topological polar surface area (TPSA) is 0 Å². The average Bonchev–Trinajstić information content (AvgIpc) is 2.88. The van der Waals surface area contributed by atoms with Gasteiger partial charge in [0.2, 0.25) is 0 Å². The van der Waals surface area contributed by atoms with Crippen LogP contribution in [0.1, 0.15) is 24.0 Å². The molecule has 0 atom stereocenters. The zero-order valence-corrected chi connectivity index (χ0v) is 13.9. The minimum Gasteiger partial charge on any atom is -0.213 e. The first-order valence-corrected chi connectivity index (χ1v) is 7.53. The summed E-state index contributed by atoms with van der Waals surface area (Å²) >= 11 is 12.0. The molecule has 90 valence electrons. The quantitative estimate of drug-likeness (QED) is 0.549. The number of hydrogen-bond donors (Lipinski definition) is 0. The van der Waals surface area contributed by atoms with E-state index in [-0.39, 0.29) is 4.84 Å². The maximum absolute atomic E-state index is 5.36. The predicted octanol–water partition coefficient (Wildman–Crippen LogP) is 4.45. The summed E-state index contributed by atoms with van der Waals surface area (Å²) < 4.78 is 1.13. The van der Waals surface area contributed by atoms with Crippen LogP contribution in [-0.2, 0) is 24.2 Å². The summed E-state index contributed by atoms with van der Waals surface area (Å²) in [7, 11) is 0. The van der Waals surface area contributed by atoms with Gasteiger partial charge in [-0.1, -0.05) is 31.2 Å². The van der Waals surface area contributed by atoms with Crippen LogP contribution >= 0.6 is 23.2 Å². The number of hydrogen-bond acceptors (Lipinski definition) is 0. The molecule has 0 nitrogen and oxygen atoms in total. The molecule has 3 heteroatoms. The summed E-state index contributed by atoms with van der Waals surface area (Å²) in [5.41, 5.74) is 2.83. The van der Waals surface area contributed by atoms with E-state index in [2.05, 4.69) is 49.4 Å². The van der Waals surface area contributed by atoms with Crippen molar-refractivity contribution < 1.29 is 24.2 Å². The largest absolute Gasteiger partial charge is 0.213 e. The second-order valence-corrected chi connectivity index (χ2v) is 6.98. The van der Waals surface area contributed by atoms with Crippen molar-refractivity contribution in [2.75, 3.05) is 0 Å². The van der Waals surface area contributed by atoms with E-state index in [9.17, 15) is 0 Å². The molecule has 0 saturated carbocycles. The molecule has 0 spiro atoms. The van der Waals surface area contributed by atoms with Crippen molar-refractivity contribution in [3.8, 4) is 0 Å². The van der Waals surface area contributed by atoms with Gasteiger partial charge in [0.1, 0.15) is 0 Å². The van der Waals surface area contributed by atoms with Crippen molar-refractivity contribution >= 4 is 26.4 Å². The molecule has 0 bridgehead atoms. The zero-order valence-electron chi connectivity index (χ0n) is 9.95. The van der Waals surface area contributed by atoms with Crippen LogP contribution in [0.15, 0.2) is 42.5 Å². The molecule has 0 N–H and O–H groups in total. The Labute approximate surface area is 128 Å². The van der Waals surface area contributed by atoms with E-state index in [0.717, 1.165) is 3.21 Å². The van der Waals surface area contributed by atoms with Gasteiger partial charge in [-0.2, -0.15) is 17.2 Å². The Kier molecular flexibility index (Phi) is 6.77. The molecule has 17 heavy (non-hydrogen) atoms. The molecular formula is C14H15Cl2Zr-. The first-order valence-electron chi connectivity index (χ1n) is 5.42. The van der Waals surface area contributed by atoms with E-state index in [1.165, 1.54) is 35.4 Å². The van der Waals surface area contributed by atoms with Gasteiger partial charge in [0.05, 0.1) is 0 Å². The van der Waals surface area contributed by atoms with Crippen LogP contribution in [0.2, 0.25) is 0 Å². The van der Waals surface area contributed by atoms with E-state index in [1.54, 1.807) is 0 Å². The number of allylic oxidation sites excluding steroid dienone is 4.